The summed E-state index contributed by atoms with van der Waals surface area (Å²) in [4.78, 5) is 11.9. The van der Waals surface area contributed by atoms with Crippen LogP contribution in [0.4, 0.5) is 23.2 Å². The summed E-state index contributed by atoms with van der Waals surface area (Å²) >= 11 is 0. The highest BCUT2D eigenvalue weighted by atomic mass is 19.4. The van der Waals surface area contributed by atoms with Crippen molar-refractivity contribution in [3.8, 4) is 5.69 Å². The number of nitrogens with two attached hydrogens (primary N) is 1. The van der Waals surface area contributed by atoms with Gasteiger partial charge in [-0.05, 0) is 40.5 Å². The second kappa shape index (κ2) is 4.55. The third-order valence-corrected chi connectivity index (χ3v) is 3.71. The molecule has 1 fully saturated rings. The van der Waals surface area contributed by atoms with Gasteiger partial charge in [0.15, 0.2) is 0 Å². The minimum absolute atomic E-state index is 0.0220. The topological polar surface area (TPSA) is 78.7 Å². The van der Waals surface area contributed by atoms with Crippen LogP contribution in [0.25, 0.3) is 5.69 Å². The van der Waals surface area contributed by atoms with Crippen molar-refractivity contribution in [1.29, 1.82) is 0 Å². The molecule has 6 nitrogen and oxygen atoms in total. The molecule has 1 aromatic carbocycles. The number of nitrogens with zero attached hydrogens (tertiary/aromatic N) is 4. The Morgan fingerprint density at radius 2 is 2.00 bits per heavy atom. The molecule has 0 aliphatic heterocycles. The molecule has 1 saturated carbocycles. The molecule has 118 valence electrons. The molecule has 0 amide bonds. The highest BCUT2D eigenvalue weighted by Crippen LogP contribution is 2.57. The van der Waals surface area contributed by atoms with Gasteiger partial charge in [-0.25, -0.2) is 9.18 Å². The maximum atomic E-state index is 13.7. The minimum Gasteiger partial charge on any atom is -0.396 e. The summed E-state index contributed by atoms with van der Waals surface area (Å²) in [5, 5.41) is 7.07. The zero-order valence-electron chi connectivity index (χ0n) is 11.3. The van der Waals surface area contributed by atoms with Gasteiger partial charge in [0.05, 0.1) is 17.3 Å². The number of aryl methyl sites for hydroxylation is 1. The van der Waals surface area contributed by atoms with Crippen LogP contribution in [0.2, 0.25) is 0 Å². The van der Waals surface area contributed by atoms with E-state index in [0.717, 1.165) is 21.5 Å². The fraction of sp³-hybridized carbons (Fsp3) is 0.417. The van der Waals surface area contributed by atoms with Crippen LogP contribution in [0.1, 0.15) is 17.9 Å². The van der Waals surface area contributed by atoms with Crippen molar-refractivity contribution in [2.75, 3.05) is 5.73 Å². The Balaban J connectivity index is 2.13. The van der Waals surface area contributed by atoms with Crippen LogP contribution >= 0.6 is 0 Å². The van der Waals surface area contributed by atoms with Gasteiger partial charge >= 0.3 is 11.9 Å². The van der Waals surface area contributed by atoms with Crippen LogP contribution in [-0.2, 0) is 7.05 Å². The molecule has 2 aromatic rings. The van der Waals surface area contributed by atoms with E-state index in [-0.39, 0.29) is 23.4 Å². The average Bonchev–Trinajstić information content (AvgIpc) is 3.16. The molecule has 2 N–H and O–H groups in total. The second-order valence-electron chi connectivity index (χ2n) is 5.22. The van der Waals surface area contributed by atoms with E-state index in [1.807, 2.05) is 0 Å². The Morgan fingerprint density at radius 3 is 2.50 bits per heavy atom. The summed E-state index contributed by atoms with van der Waals surface area (Å²) in [7, 11) is 1.34. The second-order valence-corrected chi connectivity index (χ2v) is 5.22. The summed E-state index contributed by atoms with van der Waals surface area (Å²) in [5.41, 5.74) is 4.60. The standard InChI is InChI=1S/C12H11F4N5O/c1-20-11(22)21(19-18-20)10-4-9(17)8(13)3-6(10)5-2-7(5)12(14,15)16/h3-5,7H,2,17H2,1H3. The van der Waals surface area contributed by atoms with Crippen molar-refractivity contribution in [2.45, 2.75) is 18.5 Å². The first-order chi connectivity index (χ1) is 10.2. The van der Waals surface area contributed by atoms with Crippen LogP contribution in [0.3, 0.4) is 0 Å². The van der Waals surface area contributed by atoms with E-state index >= 15 is 0 Å². The first-order valence-corrected chi connectivity index (χ1v) is 6.35. The molecular weight excluding hydrogens is 306 g/mol. The average molecular weight is 317 g/mol. The molecule has 3 rings (SSSR count). The zero-order chi connectivity index (χ0) is 16.2. The van der Waals surface area contributed by atoms with Gasteiger partial charge in [-0.1, -0.05) is 0 Å². The fourth-order valence-electron chi connectivity index (χ4n) is 2.44. The molecule has 1 heterocycles. The van der Waals surface area contributed by atoms with E-state index in [0.29, 0.717) is 0 Å². The number of nitrogen functional groups attached to an aromatic ring is 1. The van der Waals surface area contributed by atoms with Crippen molar-refractivity contribution >= 4 is 5.69 Å². The van der Waals surface area contributed by atoms with Crippen molar-refractivity contribution in [2.24, 2.45) is 13.0 Å². The lowest BCUT2D eigenvalue weighted by Gasteiger charge is -2.11. The molecule has 1 aliphatic rings. The van der Waals surface area contributed by atoms with Gasteiger partial charge in [-0.15, -0.1) is 0 Å². The van der Waals surface area contributed by atoms with Crippen molar-refractivity contribution in [3.63, 3.8) is 0 Å². The molecule has 22 heavy (non-hydrogen) atoms. The largest absolute Gasteiger partial charge is 0.396 e. The summed E-state index contributed by atoms with van der Waals surface area (Å²) in [6.45, 7) is 0. The predicted molar refractivity (Wildman–Crippen MR) is 67.9 cm³/mol. The maximum absolute atomic E-state index is 13.7. The number of hydrogen-bond acceptors (Lipinski definition) is 4. The molecule has 10 heteroatoms. The third-order valence-electron chi connectivity index (χ3n) is 3.71. The fourth-order valence-corrected chi connectivity index (χ4v) is 2.44. The van der Waals surface area contributed by atoms with Gasteiger partial charge in [-0.3, -0.25) is 0 Å². The number of tetrazole rings is 1. The monoisotopic (exact) mass is 317 g/mol. The van der Waals surface area contributed by atoms with Crippen LogP contribution in [0.5, 0.6) is 0 Å². The van der Waals surface area contributed by atoms with Crippen molar-refractivity contribution < 1.29 is 17.6 Å². The van der Waals surface area contributed by atoms with Crippen LogP contribution in [0.15, 0.2) is 16.9 Å². The Labute approximate surface area is 121 Å². The molecule has 1 aliphatic carbocycles. The SMILES string of the molecule is Cn1nnn(-c2cc(N)c(F)cc2C2CC2C(F)(F)F)c1=O. The van der Waals surface area contributed by atoms with E-state index in [9.17, 15) is 22.4 Å². The smallest absolute Gasteiger partial charge is 0.392 e. The predicted octanol–water partition coefficient (Wildman–Crippen LogP) is 1.35. The number of hydrogen-bond donors (Lipinski definition) is 1. The van der Waals surface area contributed by atoms with E-state index in [4.69, 9.17) is 5.73 Å². The van der Waals surface area contributed by atoms with Crippen LogP contribution < -0.4 is 11.4 Å². The third kappa shape index (κ3) is 2.24. The quantitative estimate of drug-likeness (QED) is 0.670. The molecule has 2 unspecified atom stereocenters. The highest BCUT2D eigenvalue weighted by Gasteiger charge is 2.57. The number of rotatable bonds is 2. The van der Waals surface area contributed by atoms with Gasteiger partial charge in [-0.2, -0.15) is 22.5 Å². The van der Waals surface area contributed by atoms with E-state index < -0.39 is 29.5 Å². The number of alkyl halides is 3. The first-order valence-electron chi connectivity index (χ1n) is 6.35. The Morgan fingerprint density at radius 1 is 1.32 bits per heavy atom. The number of aromatic nitrogens is 4. The molecule has 0 radical (unpaired) electrons. The van der Waals surface area contributed by atoms with Gasteiger partial charge in [0.1, 0.15) is 5.82 Å². The maximum Gasteiger partial charge on any atom is 0.392 e. The lowest BCUT2D eigenvalue weighted by atomic mass is 10.1. The summed E-state index contributed by atoms with van der Waals surface area (Å²) in [6.07, 6.45) is -4.53. The molecule has 0 saturated heterocycles. The number of halogens is 4. The van der Waals surface area contributed by atoms with E-state index in [1.54, 1.807) is 0 Å². The normalized spacial score (nSPS) is 21.1. The Kier molecular flexibility index (Phi) is 3.01. The van der Waals surface area contributed by atoms with E-state index in [2.05, 4.69) is 10.4 Å². The summed E-state index contributed by atoms with van der Waals surface area (Å²) in [5.74, 6) is -3.30. The Bertz CT molecular complexity index is 794. The van der Waals surface area contributed by atoms with Gasteiger partial charge in [0.2, 0.25) is 0 Å². The van der Waals surface area contributed by atoms with Crippen LogP contribution in [0, 0.1) is 11.7 Å². The first kappa shape index (κ1) is 14.5. The van der Waals surface area contributed by atoms with Gasteiger partial charge < -0.3 is 5.73 Å². The summed E-state index contributed by atoms with van der Waals surface area (Å²) < 4.78 is 53.7. The molecule has 0 spiro atoms. The van der Waals surface area contributed by atoms with Crippen LogP contribution in [-0.4, -0.2) is 26.0 Å². The van der Waals surface area contributed by atoms with Crippen molar-refractivity contribution in [1.82, 2.24) is 19.8 Å². The number of anilines is 1. The zero-order valence-corrected chi connectivity index (χ0v) is 11.3. The molecule has 1 aromatic heterocycles. The summed E-state index contributed by atoms with van der Waals surface area (Å²) in [6, 6.07) is 2.04. The van der Waals surface area contributed by atoms with Crippen molar-refractivity contribution in [3.05, 3.63) is 34.0 Å². The van der Waals surface area contributed by atoms with Gasteiger partial charge in [0, 0.05) is 7.05 Å². The minimum atomic E-state index is -4.37. The molecule has 2 atom stereocenters. The lowest BCUT2D eigenvalue weighted by Crippen LogP contribution is -2.23. The molecule has 0 bridgehead atoms. The van der Waals surface area contributed by atoms with E-state index in [1.165, 1.54) is 7.05 Å². The number of benzene rings is 1. The molecular formula is C12H11F4N5O. The van der Waals surface area contributed by atoms with Gasteiger partial charge in [0.25, 0.3) is 0 Å². The Hall–Kier alpha value is -2.39. The highest BCUT2D eigenvalue weighted by molar-refractivity contribution is 5.55. The lowest BCUT2D eigenvalue weighted by molar-refractivity contribution is -0.148.